The largest absolute Gasteiger partial charge is 0.351 e. The quantitative estimate of drug-likeness (QED) is 0.728. The van der Waals surface area contributed by atoms with Gasteiger partial charge in [0, 0.05) is 13.1 Å². The van der Waals surface area contributed by atoms with Crippen LogP contribution in [0.4, 0.5) is 4.39 Å². The molecule has 1 N–H and O–H groups in total. The maximum Gasteiger partial charge on any atom is 0.253 e. The Hall–Kier alpha value is -1.29. The molecule has 0 unspecified atom stereocenters. The van der Waals surface area contributed by atoms with Crippen LogP contribution < -0.4 is 5.32 Å². The summed E-state index contributed by atoms with van der Waals surface area (Å²) in [6.45, 7) is 1.80. The van der Waals surface area contributed by atoms with E-state index in [1.54, 1.807) is 25.1 Å². The number of rotatable bonds is 7. The third-order valence-corrected chi connectivity index (χ3v) is 7.23. The Labute approximate surface area is 152 Å². The summed E-state index contributed by atoms with van der Waals surface area (Å²) in [7, 11) is -3.70. The second-order valence-corrected chi connectivity index (χ2v) is 9.52. The van der Waals surface area contributed by atoms with Gasteiger partial charge in [0.25, 0.3) is 10.0 Å². The fraction of sp³-hybridized carbons (Fsp3) is 0.267. The van der Waals surface area contributed by atoms with Gasteiger partial charge in [0.05, 0.1) is 10.3 Å². The van der Waals surface area contributed by atoms with Crippen molar-refractivity contribution in [1.29, 1.82) is 0 Å². The normalized spacial score (nSPS) is 11.7. The highest BCUT2D eigenvalue weighted by Gasteiger charge is 2.26. The molecule has 9 heteroatoms. The van der Waals surface area contributed by atoms with Gasteiger partial charge in [-0.3, -0.25) is 4.79 Å². The predicted octanol–water partition coefficient (Wildman–Crippen LogP) is 2.98. The summed E-state index contributed by atoms with van der Waals surface area (Å²) < 4.78 is 39.9. The van der Waals surface area contributed by atoms with E-state index in [0.29, 0.717) is 3.79 Å². The summed E-state index contributed by atoms with van der Waals surface area (Å²) in [4.78, 5) is 12.0. The van der Waals surface area contributed by atoms with Gasteiger partial charge in [0.15, 0.2) is 0 Å². The van der Waals surface area contributed by atoms with Crippen LogP contribution in [0.15, 0.2) is 44.4 Å². The summed E-state index contributed by atoms with van der Waals surface area (Å²) in [6, 6.07) is 8.89. The fourth-order valence-electron chi connectivity index (χ4n) is 1.95. The molecule has 0 bridgehead atoms. The number of nitrogens with one attached hydrogen (secondary N) is 1. The van der Waals surface area contributed by atoms with Crippen molar-refractivity contribution in [1.82, 2.24) is 9.62 Å². The molecule has 0 aliphatic rings. The van der Waals surface area contributed by atoms with Gasteiger partial charge < -0.3 is 5.32 Å². The van der Waals surface area contributed by atoms with E-state index in [1.807, 2.05) is 0 Å². The first-order valence-corrected chi connectivity index (χ1v) is 10.1. The highest BCUT2D eigenvalue weighted by Crippen LogP contribution is 2.28. The zero-order chi connectivity index (χ0) is 17.7. The Balaban J connectivity index is 1.99. The number of sulfonamides is 1. The lowest BCUT2D eigenvalue weighted by atomic mass is 10.2. The van der Waals surface area contributed by atoms with E-state index in [1.165, 1.54) is 18.2 Å². The van der Waals surface area contributed by atoms with Crippen LogP contribution >= 0.6 is 27.3 Å². The van der Waals surface area contributed by atoms with Crippen molar-refractivity contribution < 1.29 is 17.6 Å². The monoisotopic (exact) mass is 434 g/mol. The Morgan fingerprint density at radius 1 is 1.25 bits per heavy atom. The van der Waals surface area contributed by atoms with Crippen molar-refractivity contribution in [2.45, 2.75) is 17.7 Å². The fourth-order valence-corrected chi connectivity index (χ4v) is 5.52. The van der Waals surface area contributed by atoms with E-state index in [0.717, 1.165) is 21.2 Å². The SMILES string of the molecule is CCN(CC(=O)NCc1ccc(F)cc1)S(=O)(=O)c1ccc(Br)s1. The molecule has 24 heavy (non-hydrogen) atoms. The zero-order valence-corrected chi connectivity index (χ0v) is 16.0. The first kappa shape index (κ1) is 19.0. The Bertz CT molecular complexity index is 806. The molecule has 1 aromatic heterocycles. The molecule has 0 fully saturated rings. The second-order valence-electron chi connectivity index (χ2n) is 4.89. The number of halogens is 2. The molecule has 5 nitrogen and oxygen atoms in total. The third-order valence-electron chi connectivity index (χ3n) is 3.22. The predicted molar refractivity (Wildman–Crippen MR) is 94.7 cm³/mol. The molecule has 0 aliphatic carbocycles. The molecule has 2 rings (SSSR count). The van der Waals surface area contributed by atoms with Gasteiger partial charge in [-0.25, -0.2) is 12.8 Å². The van der Waals surface area contributed by atoms with Crippen LogP contribution in [-0.2, 0) is 21.4 Å². The summed E-state index contributed by atoms with van der Waals surface area (Å²) in [5, 5.41) is 2.64. The average molecular weight is 435 g/mol. The second kappa shape index (κ2) is 8.19. The van der Waals surface area contributed by atoms with Gasteiger partial charge in [-0.2, -0.15) is 4.31 Å². The molecule has 1 amide bonds. The first-order chi connectivity index (χ1) is 11.3. The molecule has 0 saturated heterocycles. The van der Waals surface area contributed by atoms with Crippen LogP contribution in [0.5, 0.6) is 0 Å². The van der Waals surface area contributed by atoms with Crippen LogP contribution in [0.3, 0.4) is 0 Å². The topological polar surface area (TPSA) is 66.5 Å². The number of likely N-dealkylation sites (N-methyl/N-ethyl adjacent to an activating group) is 1. The third kappa shape index (κ3) is 4.85. The van der Waals surface area contributed by atoms with Gasteiger partial charge in [0.1, 0.15) is 10.0 Å². The molecule has 1 heterocycles. The van der Waals surface area contributed by atoms with E-state index in [9.17, 15) is 17.6 Å². The first-order valence-electron chi connectivity index (χ1n) is 7.09. The molecule has 0 radical (unpaired) electrons. The molecule has 0 aliphatic heterocycles. The molecular weight excluding hydrogens is 419 g/mol. The number of hydrogen-bond acceptors (Lipinski definition) is 4. The molecule has 130 valence electrons. The van der Waals surface area contributed by atoms with Gasteiger partial charge >= 0.3 is 0 Å². The standard InChI is InChI=1S/C15H16BrFN2O3S2/c1-2-19(24(21,22)15-8-7-13(16)23-15)10-14(20)18-9-11-3-5-12(17)6-4-11/h3-8H,2,9-10H2,1H3,(H,18,20). The van der Waals surface area contributed by atoms with E-state index in [2.05, 4.69) is 21.2 Å². The Morgan fingerprint density at radius 2 is 1.92 bits per heavy atom. The summed E-state index contributed by atoms with van der Waals surface area (Å²) in [5.41, 5.74) is 0.734. The molecule has 0 atom stereocenters. The van der Waals surface area contributed by atoms with Crippen molar-refractivity contribution in [3.63, 3.8) is 0 Å². The number of carbonyl (C=O) groups is 1. The van der Waals surface area contributed by atoms with Gasteiger partial charge in [0.2, 0.25) is 5.91 Å². The number of carbonyl (C=O) groups excluding carboxylic acids is 1. The Kier molecular flexibility index (Phi) is 6.50. The lowest BCUT2D eigenvalue weighted by Crippen LogP contribution is -2.40. The van der Waals surface area contributed by atoms with Crippen molar-refractivity contribution in [2.75, 3.05) is 13.1 Å². The van der Waals surface area contributed by atoms with Crippen LogP contribution in [0.1, 0.15) is 12.5 Å². The highest BCUT2D eigenvalue weighted by molar-refractivity contribution is 9.11. The van der Waals surface area contributed by atoms with Crippen LogP contribution in [0.25, 0.3) is 0 Å². The summed E-state index contributed by atoms with van der Waals surface area (Å²) in [6.07, 6.45) is 0. The van der Waals surface area contributed by atoms with E-state index in [4.69, 9.17) is 0 Å². The minimum absolute atomic E-state index is 0.182. The molecule has 0 spiro atoms. The smallest absolute Gasteiger partial charge is 0.253 e. The number of hydrogen-bond donors (Lipinski definition) is 1. The van der Waals surface area contributed by atoms with Crippen molar-refractivity contribution >= 4 is 43.2 Å². The molecule has 2 aromatic rings. The lowest BCUT2D eigenvalue weighted by Gasteiger charge is -2.19. The van der Waals surface area contributed by atoms with Crippen LogP contribution in [-0.4, -0.2) is 31.7 Å². The van der Waals surface area contributed by atoms with Crippen molar-refractivity contribution in [3.05, 3.63) is 51.6 Å². The molecule has 1 aromatic carbocycles. The average Bonchev–Trinajstić information content (AvgIpc) is 2.99. The number of amides is 1. The highest BCUT2D eigenvalue weighted by atomic mass is 79.9. The summed E-state index contributed by atoms with van der Waals surface area (Å²) in [5.74, 6) is -0.768. The zero-order valence-electron chi connectivity index (χ0n) is 12.8. The minimum atomic E-state index is -3.70. The van der Waals surface area contributed by atoms with Crippen molar-refractivity contribution in [3.8, 4) is 0 Å². The number of nitrogens with zero attached hydrogens (tertiary/aromatic N) is 1. The van der Waals surface area contributed by atoms with E-state index >= 15 is 0 Å². The maximum absolute atomic E-state index is 12.8. The van der Waals surface area contributed by atoms with Crippen LogP contribution in [0.2, 0.25) is 0 Å². The van der Waals surface area contributed by atoms with Crippen molar-refractivity contribution in [2.24, 2.45) is 0 Å². The van der Waals surface area contributed by atoms with Crippen LogP contribution in [0, 0.1) is 5.82 Å². The minimum Gasteiger partial charge on any atom is -0.351 e. The Morgan fingerprint density at radius 3 is 2.46 bits per heavy atom. The van der Waals surface area contributed by atoms with Gasteiger partial charge in [-0.15, -0.1) is 11.3 Å². The molecular formula is C15H16BrFN2O3S2. The number of benzene rings is 1. The van der Waals surface area contributed by atoms with E-state index < -0.39 is 15.9 Å². The van der Waals surface area contributed by atoms with Gasteiger partial charge in [-0.1, -0.05) is 19.1 Å². The summed E-state index contributed by atoms with van der Waals surface area (Å²) >= 11 is 4.33. The molecule has 0 saturated carbocycles. The van der Waals surface area contributed by atoms with Gasteiger partial charge in [-0.05, 0) is 45.8 Å². The van der Waals surface area contributed by atoms with E-state index in [-0.39, 0.29) is 29.7 Å². The number of thiophene rings is 1. The lowest BCUT2D eigenvalue weighted by molar-refractivity contribution is -0.121. The maximum atomic E-state index is 12.8.